The van der Waals surface area contributed by atoms with Crippen molar-refractivity contribution in [2.75, 3.05) is 11.6 Å². The number of anilines is 1. The van der Waals surface area contributed by atoms with Crippen molar-refractivity contribution >= 4 is 33.8 Å². The maximum atomic E-state index is 12.0. The van der Waals surface area contributed by atoms with Crippen LogP contribution in [0.15, 0.2) is 53.4 Å². The van der Waals surface area contributed by atoms with Crippen molar-refractivity contribution in [1.29, 1.82) is 0 Å². The highest BCUT2D eigenvalue weighted by atomic mass is 35.5. The number of nitrogens with one attached hydrogen (secondary N) is 1. The smallest absolute Gasteiger partial charge is 0.241 e. The number of carbonyl (C=O) groups is 1. The van der Waals surface area contributed by atoms with Gasteiger partial charge in [0, 0.05) is 11.9 Å². The van der Waals surface area contributed by atoms with Gasteiger partial charge in [0.05, 0.1) is 10.9 Å². The van der Waals surface area contributed by atoms with E-state index in [9.17, 15) is 13.2 Å². The third-order valence-electron chi connectivity index (χ3n) is 3.65. The molecule has 0 bridgehead atoms. The Morgan fingerprint density at radius 3 is 2.30 bits per heavy atom. The molecule has 0 radical (unpaired) electrons. The minimum atomic E-state index is -3.29. The number of ether oxygens (including phenoxy) is 1. The molecule has 0 aliphatic heterocycles. The SMILES string of the molecule is CC(C)C[C@H](N)C(=O)Nc1ccc(Oc2cccc(S(C)(=O)=O)c2)cc1.Cl. The Hall–Kier alpha value is -2.09. The first-order chi connectivity index (χ1) is 12.1. The lowest BCUT2D eigenvalue weighted by molar-refractivity contribution is -0.117. The van der Waals surface area contributed by atoms with Gasteiger partial charge in [-0.05, 0) is 54.8 Å². The fraction of sp³-hybridized carbons (Fsp3) is 0.316. The maximum absolute atomic E-state index is 12.0. The molecule has 3 N–H and O–H groups in total. The quantitative estimate of drug-likeness (QED) is 0.723. The summed E-state index contributed by atoms with van der Waals surface area (Å²) < 4.78 is 28.9. The summed E-state index contributed by atoms with van der Waals surface area (Å²) in [6, 6.07) is 12.5. The fourth-order valence-corrected chi connectivity index (χ4v) is 3.02. The molecule has 0 saturated heterocycles. The first-order valence-corrected chi connectivity index (χ1v) is 10.2. The minimum absolute atomic E-state index is 0. The van der Waals surface area contributed by atoms with Crippen LogP contribution in [0.25, 0.3) is 0 Å². The molecule has 0 aliphatic carbocycles. The van der Waals surface area contributed by atoms with E-state index in [1.165, 1.54) is 12.1 Å². The van der Waals surface area contributed by atoms with Gasteiger partial charge in [0.1, 0.15) is 11.5 Å². The van der Waals surface area contributed by atoms with Gasteiger partial charge in [0.15, 0.2) is 9.84 Å². The summed E-state index contributed by atoms with van der Waals surface area (Å²) in [5.41, 5.74) is 6.48. The second kappa shape index (κ2) is 9.73. The molecule has 2 aromatic rings. The van der Waals surface area contributed by atoms with Crippen LogP contribution in [0, 0.1) is 5.92 Å². The molecular weight excluding hydrogens is 388 g/mol. The van der Waals surface area contributed by atoms with Crippen LogP contribution in [0.2, 0.25) is 0 Å². The molecule has 27 heavy (non-hydrogen) atoms. The van der Waals surface area contributed by atoms with E-state index in [0.717, 1.165) is 6.26 Å². The van der Waals surface area contributed by atoms with Gasteiger partial charge in [-0.3, -0.25) is 4.79 Å². The van der Waals surface area contributed by atoms with E-state index in [-0.39, 0.29) is 23.2 Å². The summed E-state index contributed by atoms with van der Waals surface area (Å²) in [4.78, 5) is 12.2. The van der Waals surface area contributed by atoms with E-state index < -0.39 is 15.9 Å². The van der Waals surface area contributed by atoms with Crippen molar-refractivity contribution in [2.24, 2.45) is 11.7 Å². The zero-order chi connectivity index (χ0) is 19.3. The number of hydrogen-bond donors (Lipinski definition) is 2. The number of nitrogens with two attached hydrogens (primary N) is 1. The molecule has 0 spiro atoms. The van der Waals surface area contributed by atoms with Crippen LogP contribution in [-0.2, 0) is 14.6 Å². The van der Waals surface area contributed by atoms with Gasteiger partial charge in [-0.1, -0.05) is 19.9 Å². The molecule has 1 atom stereocenters. The molecule has 148 valence electrons. The van der Waals surface area contributed by atoms with Crippen LogP contribution in [0.4, 0.5) is 5.69 Å². The summed E-state index contributed by atoms with van der Waals surface area (Å²) in [5, 5.41) is 2.77. The van der Waals surface area contributed by atoms with E-state index in [2.05, 4.69) is 5.32 Å². The minimum Gasteiger partial charge on any atom is -0.457 e. The number of amides is 1. The molecule has 0 heterocycles. The Balaban J connectivity index is 0.00000364. The fourth-order valence-electron chi connectivity index (χ4n) is 2.36. The van der Waals surface area contributed by atoms with E-state index in [0.29, 0.717) is 29.5 Å². The Labute approximate surface area is 166 Å². The van der Waals surface area contributed by atoms with Gasteiger partial charge in [-0.2, -0.15) is 0 Å². The Morgan fingerprint density at radius 1 is 1.11 bits per heavy atom. The first kappa shape index (κ1) is 23.0. The van der Waals surface area contributed by atoms with Crippen LogP contribution in [0.1, 0.15) is 20.3 Å². The Kier molecular flexibility index (Phi) is 8.27. The third kappa shape index (κ3) is 7.21. The van der Waals surface area contributed by atoms with Crippen LogP contribution in [0.5, 0.6) is 11.5 Å². The predicted octanol–water partition coefficient (Wildman–Crippen LogP) is 3.62. The summed E-state index contributed by atoms with van der Waals surface area (Å²) >= 11 is 0. The molecule has 2 rings (SSSR count). The van der Waals surface area contributed by atoms with Crippen LogP contribution >= 0.6 is 12.4 Å². The second-order valence-corrected chi connectivity index (χ2v) is 8.61. The summed E-state index contributed by atoms with van der Waals surface area (Å²) in [6.07, 6.45) is 1.76. The molecule has 6 nitrogen and oxygen atoms in total. The zero-order valence-electron chi connectivity index (χ0n) is 15.5. The average molecular weight is 413 g/mol. The van der Waals surface area contributed by atoms with Gasteiger partial charge in [-0.25, -0.2) is 8.42 Å². The molecule has 8 heteroatoms. The molecular formula is C19H25ClN2O4S. The van der Waals surface area contributed by atoms with Crippen LogP contribution in [0.3, 0.4) is 0 Å². The van der Waals surface area contributed by atoms with Gasteiger partial charge in [0.2, 0.25) is 5.91 Å². The maximum Gasteiger partial charge on any atom is 0.241 e. The topological polar surface area (TPSA) is 98.5 Å². The monoisotopic (exact) mass is 412 g/mol. The highest BCUT2D eigenvalue weighted by Gasteiger charge is 2.15. The molecule has 0 fully saturated rings. The van der Waals surface area contributed by atoms with Crippen molar-refractivity contribution in [3.05, 3.63) is 48.5 Å². The van der Waals surface area contributed by atoms with Crippen molar-refractivity contribution in [2.45, 2.75) is 31.2 Å². The Bertz CT molecular complexity index is 868. The number of carbonyl (C=O) groups excluding carboxylic acids is 1. The van der Waals surface area contributed by atoms with Crippen molar-refractivity contribution in [3.8, 4) is 11.5 Å². The van der Waals surface area contributed by atoms with Gasteiger partial charge in [-0.15, -0.1) is 12.4 Å². The molecule has 2 aromatic carbocycles. The normalized spacial score (nSPS) is 12.2. The lowest BCUT2D eigenvalue weighted by atomic mass is 10.0. The van der Waals surface area contributed by atoms with Gasteiger partial charge >= 0.3 is 0 Å². The van der Waals surface area contributed by atoms with Crippen LogP contribution in [-0.4, -0.2) is 26.6 Å². The molecule has 0 unspecified atom stereocenters. The predicted molar refractivity (Wildman–Crippen MR) is 109 cm³/mol. The highest BCUT2D eigenvalue weighted by molar-refractivity contribution is 7.90. The second-order valence-electron chi connectivity index (χ2n) is 6.60. The molecule has 0 aromatic heterocycles. The lowest BCUT2D eigenvalue weighted by Gasteiger charge is -2.14. The summed E-state index contributed by atoms with van der Waals surface area (Å²) in [5.74, 6) is 1.06. The summed E-state index contributed by atoms with van der Waals surface area (Å²) in [7, 11) is -3.29. The van der Waals surface area contributed by atoms with Crippen molar-refractivity contribution < 1.29 is 17.9 Å². The van der Waals surface area contributed by atoms with E-state index in [1.807, 2.05) is 13.8 Å². The number of benzene rings is 2. The van der Waals surface area contributed by atoms with E-state index in [4.69, 9.17) is 10.5 Å². The highest BCUT2D eigenvalue weighted by Crippen LogP contribution is 2.25. The standard InChI is InChI=1S/C19H24N2O4S.ClH/c1-13(2)11-18(20)19(22)21-14-7-9-15(10-8-14)25-16-5-4-6-17(12-16)26(3,23)24;/h4-10,12-13,18H,11,20H2,1-3H3,(H,21,22);1H/t18-;/m0./s1. The summed E-state index contributed by atoms with van der Waals surface area (Å²) in [6.45, 7) is 4.02. The average Bonchev–Trinajstić information content (AvgIpc) is 2.55. The van der Waals surface area contributed by atoms with Gasteiger partial charge in [0.25, 0.3) is 0 Å². The zero-order valence-corrected chi connectivity index (χ0v) is 17.1. The molecule has 1 amide bonds. The third-order valence-corrected chi connectivity index (χ3v) is 4.76. The van der Waals surface area contributed by atoms with Gasteiger partial charge < -0.3 is 15.8 Å². The lowest BCUT2D eigenvalue weighted by Crippen LogP contribution is -2.36. The van der Waals surface area contributed by atoms with Crippen molar-refractivity contribution in [1.82, 2.24) is 0 Å². The number of halogens is 1. The molecule has 0 aliphatic rings. The largest absolute Gasteiger partial charge is 0.457 e. The Morgan fingerprint density at radius 2 is 1.74 bits per heavy atom. The molecule has 0 saturated carbocycles. The first-order valence-electron chi connectivity index (χ1n) is 8.29. The number of rotatable bonds is 7. The number of hydrogen-bond acceptors (Lipinski definition) is 5. The van der Waals surface area contributed by atoms with Crippen LogP contribution < -0.4 is 15.8 Å². The van der Waals surface area contributed by atoms with E-state index >= 15 is 0 Å². The van der Waals surface area contributed by atoms with Crippen molar-refractivity contribution in [3.63, 3.8) is 0 Å². The van der Waals surface area contributed by atoms with E-state index in [1.54, 1.807) is 36.4 Å². The number of sulfone groups is 1.